The molecule has 7 heteroatoms. The van der Waals surface area contributed by atoms with E-state index in [1.165, 1.54) is 0 Å². The lowest BCUT2D eigenvalue weighted by Crippen LogP contribution is -2.27. The van der Waals surface area contributed by atoms with Gasteiger partial charge in [-0.2, -0.15) is 0 Å². The first-order chi connectivity index (χ1) is 9.43. The fraction of sp³-hybridized carbons (Fsp3) is 0.462. The number of methoxy groups -OCH3 is 1. The van der Waals surface area contributed by atoms with Crippen LogP contribution in [0.5, 0.6) is 0 Å². The normalized spacial score (nSPS) is 10.8. The van der Waals surface area contributed by atoms with Crippen LogP contribution in [-0.2, 0) is 9.53 Å². The monoisotopic (exact) mass is 319 g/mol. The second-order valence-electron chi connectivity index (χ2n) is 4.45. The summed E-state index contributed by atoms with van der Waals surface area (Å²) in [7, 11) is 3.57. The van der Waals surface area contributed by atoms with Crippen LogP contribution in [0.1, 0.15) is 6.42 Å². The highest BCUT2D eigenvalue weighted by Gasteiger charge is 2.11. The van der Waals surface area contributed by atoms with E-state index in [0.717, 1.165) is 6.54 Å². The van der Waals surface area contributed by atoms with E-state index in [-0.39, 0.29) is 5.91 Å². The van der Waals surface area contributed by atoms with Crippen LogP contribution in [0, 0.1) is 0 Å². The van der Waals surface area contributed by atoms with Crippen molar-refractivity contribution in [3.05, 3.63) is 22.2 Å². The van der Waals surface area contributed by atoms with Gasteiger partial charge in [-0.3, -0.25) is 4.79 Å². The van der Waals surface area contributed by atoms with E-state index >= 15 is 0 Å². The molecule has 1 amide bonds. The van der Waals surface area contributed by atoms with Crippen molar-refractivity contribution in [1.82, 2.24) is 4.90 Å². The van der Waals surface area contributed by atoms with Gasteiger partial charge < -0.3 is 20.7 Å². The Morgan fingerprint density at radius 3 is 2.50 bits per heavy atom. The van der Waals surface area contributed by atoms with E-state index in [1.807, 2.05) is 11.9 Å². The minimum absolute atomic E-state index is 0.150. The van der Waals surface area contributed by atoms with E-state index in [9.17, 15) is 4.79 Å². The highest BCUT2D eigenvalue weighted by molar-refractivity contribution is 6.40. The van der Waals surface area contributed by atoms with Gasteiger partial charge in [-0.1, -0.05) is 23.2 Å². The fourth-order valence-electron chi connectivity index (χ4n) is 1.57. The van der Waals surface area contributed by atoms with Crippen molar-refractivity contribution in [3.8, 4) is 0 Å². The molecule has 0 aliphatic heterocycles. The molecule has 0 heterocycles. The van der Waals surface area contributed by atoms with Gasteiger partial charge in [0.25, 0.3) is 0 Å². The molecular weight excluding hydrogens is 301 g/mol. The minimum Gasteiger partial charge on any atom is -0.399 e. The summed E-state index contributed by atoms with van der Waals surface area (Å²) in [4.78, 5) is 13.9. The third-order valence-electron chi connectivity index (χ3n) is 2.73. The molecule has 0 fully saturated rings. The number of nitrogens with two attached hydrogens (primary N) is 1. The SMILES string of the molecule is COCCN(C)CCC(=O)Nc1c(Cl)cc(N)cc1Cl. The van der Waals surface area contributed by atoms with Crippen LogP contribution in [0.15, 0.2) is 12.1 Å². The summed E-state index contributed by atoms with van der Waals surface area (Å²) in [6.07, 6.45) is 0.344. The molecule has 0 saturated heterocycles. The van der Waals surface area contributed by atoms with Gasteiger partial charge in [0.15, 0.2) is 0 Å². The number of amides is 1. The molecule has 0 radical (unpaired) electrons. The van der Waals surface area contributed by atoms with Crippen molar-refractivity contribution in [2.24, 2.45) is 0 Å². The number of anilines is 2. The summed E-state index contributed by atoms with van der Waals surface area (Å²) >= 11 is 12.0. The number of hydrogen-bond donors (Lipinski definition) is 2. The van der Waals surface area contributed by atoms with Crippen molar-refractivity contribution in [2.75, 3.05) is 44.9 Å². The number of nitrogens with one attached hydrogen (secondary N) is 1. The van der Waals surface area contributed by atoms with E-state index < -0.39 is 0 Å². The molecular formula is C13H19Cl2N3O2. The van der Waals surface area contributed by atoms with Crippen LogP contribution in [0.25, 0.3) is 0 Å². The predicted molar refractivity (Wildman–Crippen MR) is 83.5 cm³/mol. The molecule has 112 valence electrons. The summed E-state index contributed by atoms with van der Waals surface area (Å²) < 4.78 is 4.97. The lowest BCUT2D eigenvalue weighted by Gasteiger charge is -2.16. The second kappa shape index (κ2) is 8.32. The van der Waals surface area contributed by atoms with Gasteiger partial charge in [0, 0.05) is 32.3 Å². The standard InChI is InChI=1S/C13H19Cl2N3O2/c1-18(5-6-20-2)4-3-12(19)17-13-10(14)7-9(16)8-11(13)15/h7-8H,3-6,16H2,1-2H3,(H,17,19). The number of ether oxygens (including phenoxy) is 1. The molecule has 0 unspecified atom stereocenters. The number of halogens is 2. The lowest BCUT2D eigenvalue weighted by molar-refractivity contribution is -0.116. The molecule has 5 nitrogen and oxygen atoms in total. The number of nitrogens with zero attached hydrogens (tertiary/aromatic N) is 1. The first-order valence-corrected chi connectivity index (χ1v) is 6.91. The summed E-state index contributed by atoms with van der Waals surface area (Å²) in [5.41, 5.74) is 6.46. The quantitative estimate of drug-likeness (QED) is 0.758. The average molecular weight is 320 g/mol. The van der Waals surface area contributed by atoms with Gasteiger partial charge in [-0.15, -0.1) is 0 Å². The number of benzene rings is 1. The Balaban J connectivity index is 2.51. The number of carbonyl (C=O) groups excluding carboxylic acids is 1. The Kier molecular flexibility index (Phi) is 7.09. The lowest BCUT2D eigenvalue weighted by atomic mass is 10.2. The van der Waals surface area contributed by atoms with E-state index in [4.69, 9.17) is 33.7 Å². The Bertz CT molecular complexity index is 446. The number of nitrogen functional groups attached to an aromatic ring is 1. The summed E-state index contributed by atoms with van der Waals surface area (Å²) in [6, 6.07) is 3.10. The van der Waals surface area contributed by atoms with E-state index in [2.05, 4.69) is 5.32 Å². The Hall–Kier alpha value is -1.01. The number of hydrogen-bond acceptors (Lipinski definition) is 4. The molecule has 1 rings (SSSR count). The molecule has 3 N–H and O–H groups in total. The van der Waals surface area contributed by atoms with Gasteiger partial charge in [0.05, 0.1) is 22.3 Å². The highest BCUT2D eigenvalue weighted by Crippen LogP contribution is 2.32. The Morgan fingerprint density at radius 2 is 1.95 bits per heavy atom. The predicted octanol–water partition coefficient (Wildman–Crippen LogP) is 2.48. The molecule has 0 aliphatic rings. The molecule has 0 atom stereocenters. The van der Waals surface area contributed by atoms with Crippen LogP contribution >= 0.6 is 23.2 Å². The van der Waals surface area contributed by atoms with Crippen LogP contribution in [0.2, 0.25) is 10.0 Å². The number of rotatable bonds is 7. The third-order valence-corrected chi connectivity index (χ3v) is 3.32. The first-order valence-electron chi connectivity index (χ1n) is 6.16. The maximum Gasteiger partial charge on any atom is 0.225 e. The maximum atomic E-state index is 11.9. The summed E-state index contributed by atoms with van der Waals surface area (Å²) in [6.45, 7) is 2.03. The summed E-state index contributed by atoms with van der Waals surface area (Å²) in [5, 5.41) is 3.36. The molecule has 0 aliphatic carbocycles. The highest BCUT2D eigenvalue weighted by atomic mass is 35.5. The molecule has 0 saturated carbocycles. The zero-order valence-corrected chi connectivity index (χ0v) is 13.1. The maximum absolute atomic E-state index is 11.9. The van der Waals surface area contributed by atoms with Crippen LogP contribution < -0.4 is 11.1 Å². The van der Waals surface area contributed by atoms with E-state index in [0.29, 0.717) is 41.0 Å². The number of carbonyl (C=O) groups is 1. The third kappa shape index (κ3) is 5.54. The average Bonchev–Trinajstić information content (AvgIpc) is 2.38. The number of likely N-dealkylation sites (N-methyl/N-ethyl adjacent to an activating group) is 1. The van der Waals surface area contributed by atoms with Gasteiger partial charge in [0.2, 0.25) is 5.91 Å². The zero-order valence-electron chi connectivity index (χ0n) is 11.6. The molecule has 1 aromatic rings. The van der Waals surface area contributed by atoms with Crippen molar-refractivity contribution in [1.29, 1.82) is 0 Å². The van der Waals surface area contributed by atoms with Crippen LogP contribution in [0.4, 0.5) is 11.4 Å². The van der Waals surface area contributed by atoms with E-state index in [1.54, 1.807) is 19.2 Å². The molecule has 20 heavy (non-hydrogen) atoms. The topological polar surface area (TPSA) is 67.6 Å². The van der Waals surface area contributed by atoms with Crippen molar-refractivity contribution < 1.29 is 9.53 Å². The van der Waals surface area contributed by atoms with Crippen molar-refractivity contribution >= 4 is 40.5 Å². The molecule has 0 bridgehead atoms. The zero-order chi connectivity index (χ0) is 15.1. The Morgan fingerprint density at radius 1 is 1.35 bits per heavy atom. The van der Waals surface area contributed by atoms with Crippen molar-refractivity contribution in [3.63, 3.8) is 0 Å². The first kappa shape index (κ1) is 17.0. The van der Waals surface area contributed by atoms with Crippen LogP contribution in [-0.4, -0.2) is 44.7 Å². The smallest absolute Gasteiger partial charge is 0.225 e. The summed E-state index contributed by atoms with van der Waals surface area (Å²) in [5.74, 6) is -0.150. The second-order valence-corrected chi connectivity index (χ2v) is 5.27. The van der Waals surface area contributed by atoms with Gasteiger partial charge in [-0.05, 0) is 19.2 Å². The van der Waals surface area contributed by atoms with Gasteiger partial charge in [-0.25, -0.2) is 0 Å². The molecule has 1 aromatic carbocycles. The molecule has 0 spiro atoms. The van der Waals surface area contributed by atoms with Gasteiger partial charge >= 0.3 is 0 Å². The molecule has 0 aromatic heterocycles. The van der Waals surface area contributed by atoms with Gasteiger partial charge in [0.1, 0.15) is 0 Å². The Labute approximate surface area is 129 Å². The largest absolute Gasteiger partial charge is 0.399 e. The van der Waals surface area contributed by atoms with Crippen LogP contribution in [0.3, 0.4) is 0 Å². The fourth-order valence-corrected chi connectivity index (χ4v) is 2.16. The van der Waals surface area contributed by atoms with Crippen molar-refractivity contribution in [2.45, 2.75) is 6.42 Å². The minimum atomic E-state index is -0.150.